The van der Waals surface area contributed by atoms with Crippen molar-refractivity contribution in [1.82, 2.24) is 29.7 Å². The van der Waals surface area contributed by atoms with Crippen molar-refractivity contribution in [3.63, 3.8) is 0 Å². The SMILES string of the molecule is Cc1nc2nc([C@H]3CCO[C@H](c4cnn(C5CC5)c4)C3)nc(-c3ccc(Cl)cc3F)c2nc1OC(F)F. The second kappa shape index (κ2) is 9.53. The molecule has 4 aromatic rings. The first kappa shape index (κ1) is 24.1. The van der Waals surface area contributed by atoms with Gasteiger partial charge in [-0.1, -0.05) is 11.6 Å². The molecular weight excluding hydrogens is 509 g/mol. The largest absolute Gasteiger partial charge is 0.415 e. The number of nitrogens with zero attached hydrogens (tertiary/aromatic N) is 6. The van der Waals surface area contributed by atoms with Crippen molar-refractivity contribution >= 4 is 22.8 Å². The van der Waals surface area contributed by atoms with Gasteiger partial charge in [0.05, 0.1) is 18.3 Å². The molecule has 0 amide bonds. The Morgan fingerprint density at radius 3 is 2.73 bits per heavy atom. The van der Waals surface area contributed by atoms with E-state index in [2.05, 4.69) is 24.8 Å². The van der Waals surface area contributed by atoms with Crippen molar-refractivity contribution in [3.8, 4) is 17.1 Å². The monoisotopic (exact) mass is 530 g/mol. The summed E-state index contributed by atoms with van der Waals surface area (Å²) >= 11 is 5.95. The maximum Gasteiger partial charge on any atom is 0.388 e. The van der Waals surface area contributed by atoms with Crippen LogP contribution in [0, 0.1) is 12.7 Å². The number of fused-ring (bicyclic) bond motifs is 1. The van der Waals surface area contributed by atoms with Crippen molar-refractivity contribution < 1.29 is 22.6 Å². The lowest BCUT2D eigenvalue weighted by Crippen LogP contribution is -2.20. The van der Waals surface area contributed by atoms with Crippen LogP contribution in [-0.4, -0.2) is 42.9 Å². The van der Waals surface area contributed by atoms with Crippen LogP contribution >= 0.6 is 11.6 Å². The van der Waals surface area contributed by atoms with Crippen LogP contribution in [0.2, 0.25) is 5.02 Å². The van der Waals surface area contributed by atoms with Crippen LogP contribution in [0.3, 0.4) is 0 Å². The van der Waals surface area contributed by atoms with E-state index in [0.29, 0.717) is 31.3 Å². The predicted molar refractivity (Wildman–Crippen MR) is 128 cm³/mol. The lowest BCUT2D eigenvalue weighted by molar-refractivity contribution is -0.0534. The average molecular weight is 531 g/mol. The number of aromatic nitrogens is 6. The Bertz CT molecular complexity index is 1480. The van der Waals surface area contributed by atoms with Gasteiger partial charge in [-0.05, 0) is 50.8 Å². The Kier molecular flexibility index (Phi) is 6.20. The molecule has 1 aliphatic heterocycles. The number of aryl methyl sites for hydroxylation is 1. The molecular formula is C25H22ClF3N6O2. The van der Waals surface area contributed by atoms with Gasteiger partial charge in [-0.3, -0.25) is 4.68 Å². The number of rotatable bonds is 6. The van der Waals surface area contributed by atoms with E-state index >= 15 is 4.39 Å². The third-order valence-electron chi connectivity index (χ3n) is 6.63. The van der Waals surface area contributed by atoms with Crippen LogP contribution in [0.25, 0.3) is 22.4 Å². The van der Waals surface area contributed by atoms with Gasteiger partial charge in [0.1, 0.15) is 28.5 Å². The van der Waals surface area contributed by atoms with E-state index in [4.69, 9.17) is 21.3 Å². The van der Waals surface area contributed by atoms with Gasteiger partial charge in [0.15, 0.2) is 5.65 Å². The highest BCUT2D eigenvalue weighted by atomic mass is 35.5. The van der Waals surface area contributed by atoms with E-state index in [0.717, 1.165) is 24.5 Å². The molecule has 0 N–H and O–H groups in total. The number of alkyl halides is 2. The average Bonchev–Trinajstić information content (AvgIpc) is 3.60. The third-order valence-corrected chi connectivity index (χ3v) is 6.86. The Hall–Kier alpha value is -3.31. The molecule has 37 heavy (non-hydrogen) atoms. The molecule has 6 rings (SSSR count). The summed E-state index contributed by atoms with van der Waals surface area (Å²) in [6.07, 6.45) is 7.20. The summed E-state index contributed by atoms with van der Waals surface area (Å²) in [5, 5.41) is 4.68. The normalized spacial score (nSPS) is 20.1. The standard InChI is InChI=1S/C25H22ClF3N6O2/c1-12-24(37-25(28)29)33-21-20(17-5-2-15(26)9-18(17)27)32-22(34-23(21)31-12)13-6-7-36-19(8-13)14-10-30-35(11-14)16-3-4-16/h2,5,9-11,13,16,19,25H,3-4,6-8H2,1H3/t13-,19-/m0/s1. The number of benzene rings is 1. The van der Waals surface area contributed by atoms with Crippen LogP contribution in [0.15, 0.2) is 30.6 Å². The molecule has 2 fully saturated rings. The first-order chi connectivity index (χ1) is 17.9. The molecule has 2 aliphatic rings. The first-order valence-corrected chi connectivity index (χ1v) is 12.4. The molecule has 8 nitrogen and oxygen atoms in total. The molecule has 3 aromatic heterocycles. The number of ether oxygens (including phenoxy) is 2. The molecule has 1 saturated carbocycles. The molecule has 0 spiro atoms. The summed E-state index contributed by atoms with van der Waals surface area (Å²) in [5.74, 6) is -0.653. The lowest BCUT2D eigenvalue weighted by atomic mass is 9.92. The Balaban J connectivity index is 1.42. The smallest absolute Gasteiger partial charge is 0.388 e. The summed E-state index contributed by atoms with van der Waals surface area (Å²) < 4.78 is 53.5. The van der Waals surface area contributed by atoms with Crippen LogP contribution in [-0.2, 0) is 4.74 Å². The quantitative estimate of drug-likeness (QED) is 0.304. The molecule has 0 bridgehead atoms. The summed E-state index contributed by atoms with van der Waals surface area (Å²) in [5.41, 5.74) is 1.58. The Morgan fingerprint density at radius 2 is 1.97 bits per heavy atom. The Morgan fingerprint density at radius 1 is 1.14 bits per heavy atom. The summed E-state index contributed by atoms with van der Waals surface area (Å²) in [6.45, 7) is -1.11. The van der Waals surface area contributed by atoms with Gasteiger partial charge in [-0.15, -0.1) is 0 Å². The molecule has 0 unspecified atom stereocenters. The topological polar surface area (TPSA) is 87.8 Å². The summed E-state index contributed by atoms with van der Waals surface area (Å²) in [6, 6.07) is 4.62. The fourth-order valence-electron chi connectivity index (χ4n) is 4.60. The zero-order valence-corrected chi connectivity index (χ0v) is 20.5. The molecule has 192 valence electrons. The van der Waals surface area contributed by atoms with Crippen LogP contribution < -0.4 is 4.74 Å². The zero-order chi connectivity index (χ0) is 25.7. The lowest BCUT2D eigenvalue weighted by Gasteiger charge is -2.28. The van der Waals surface area contributed by atoms with Crippen molar-refractivity contribution in [1.29, 1.82) is 0 Å². The Labute approximate surface area is 214 Å². The fraction of sp³-hybridized carbons (Fsp3) is 0.400. The second-order valence-electron chi connectivity index (χ2n) is 9.29. The van der Waals surface area contributed by atoms with Crippen LogP contribution in [0.4, 0.5) is 13.2 Å². The zero-order valence-electron chi connectivity index (χ0n) is 19.7. The van der Waals surface area contributed by atoms with Gasteiger partial charge in [0, 0.05) is 34.9 Å². The number of halogens is 4. The van der Waals surface area contributed by atoms with E-state index in [1.807, 2.05) is 17.1 Å². The minimum absolute atomic E-state index is 0.0561. The highest BCUT2D eigenvalue weighted by Gasteiger charge is 2.31. The van der Waals surface area contributed by atoms with Gasteiger partial charge < -0.3 is 9.47 Å². The second-order valence-corrected chi connectivity index (χ2v) is 9.72. The molecule has 12 heteroatoms. The summed E-state index contributed by atoms with van der Waals surface area (Å²) in [4.78, 5) is 17.9. The highest BCUT2D eigenvalue weighted by Crippen LogP contribution is 2.40. The van der Waals surface area contributed by atoms with E-state index in [1.54, 1.807) is 0 Å². The first-order valence-electron chi connectivity index (χ1n) is 12.0. The van der Waals surface area contributed by atoms with Crippen molar-refractivity contribution in [2.75, 3.05) is 6.61 Å². The fourth-order valence-corrected chi connectivity index (χ4v) is 4.76. The predicted octanol–water partition coefficient (Wildman–Crippen LogP) is 5.96. The highest BCUT2D eigenvalue weighted by molar-refractivity contribution is 6.30. The number of hydrogen-bond acceptors (Lipinski definition) is 7. The van der Waals surface area contributed by atoms with Crippen molar-refractivity contribution in [2.45, 2.75) is 57.3 Å². The van der Waals surface area contributed by atoms with Gasteiger partial charge >= 0.3 is 6.61 Å². The van der Waals surface area contributed by atoms with E-state index < -0.39 is 12.4 Å². The minimum atomic E-state index is -3.09. The minimum Gasteiger partial charge on any atom is -0.415 e. The van der Waals surface area contributed by atoms with Crippen molar-refractivity contribution in [2.24, 2.45) is 0 Å². The van der Waals surface area contributed by atoms with E-state index in [1.165, 1.54) is 19.1 Å². The summed E-state index contributed by atoms with van der Waals surface area (Å²) in [7, 11) is 0. The maximum absolute atomic E-state index is 15.0. The van der Waals surface area contributed by atoms with E-state index in [9.17, 15) is 8.78 Å². The third kappa shape index (κ3) is 4.85. The molecule has 1 aromatic carbocycles. The van der Waals surface area contributed by atoms with Crippen LogP contribution in [0.5, 0.6) is 5.88 Å². The number of hydrogen-bond donors (Lipinski definition) is 0. The molecule has 1 saturated heterocycles. The molecule has 4 heterocycles. The van der Waals surface area contributed by atoms with Gasteiger partial charge in [-0.25, -0.2) is 24.3 Å². The maximum atomic E-state index is 15.0. The van der Waals surface area contributed by atoms with Crippen LogP contribution in [0.1, 0.15) is 60.8 Å². The van der Waals surface area contributed by atoms with E-state index in [-0.39, 0.29) is 51.0 Å². The van der Waals surface area contributed by atoms with Crippen molar-refractivity contribution in [3.05, 3.63) is 58.5 Å². The van der Waals surface area contributed by atoms with Gasteiger partial charge in [0.2, 0.25) is 5.88 Å². The van der Waals surface area contributed by atoms with Gasteiger partial charge in [-0.2, -0.15) is 13.9 Å². The molecule has 2 atom stereocenters. The van der Waals surface area contributed by atoms with Gasteiger partial charge in [0.25, 0.3) is 0 Å². The molecule has 0 radical (unpaired) electrons. The molecule has 1 aliphatic carbocycles.